The number of allylic oxidation sites excluding steroid dienone is 2. The van der Waals surface area contributed by atoms with Crippen LogP contribution >= 0.6 is 0 Å². The van der Waals surface area contributed by atoms with Gasteiger partial charge in [-0.25, -0.2) is 4.79 Å². The lowest BCUT2D eigenvalue weighted by atomic mass is 9.88. The summed E-state index contributed by atoms with van der Waals surface area (Å²) in [6.45, 7) is 16.6. The second kappa shape index (κ2) is 14.7. The van der Waals surface area contributed by atoms with Gasteiger partial charge in [-0.05, 0) is 65.7 Å². The Morgan fingerprint density at radius 2 is 1.81 bits per heavy atom. The summed E-state index contributed by atoms with van der Waals surface area (Å²) in [5.41, 5.74) is 1.40. The third kappa shape index (κ3) is 11.8. The summed E-state index contributed by atoms with van der Waals surface area (Å²) in [4.78, 5) is 15.3. The normalized spacial score (nSPS) is 23.7. The van der Waals surface area contributed by atoms with Crippen LogP contribution in [0, 0.1) is 5.92 Å². The molecule has 1 unspecified atom stereocenters. The standard InChI is InChI=1S/C17H32N2.C5H9NO2.C3H8O/c1-4-8-15(2)18-11-12-19(16(3)13-18)14-17-9-6-5-7-10-17;1-5(2-3-5)6-4(7)8;1-3-4-2/h8,16-17H,4-7,9-14H2,1-3H3;6H,2-3H2,1H3,(H,7,8);3H2,1-2H3/b15-8+;;. The van der Waals surface area contributed by atoms with Gasteiger partial charge in [0.15, 0.2) is 0 Å². The van der Waals surface area contributed by atoms with Gasteiger partial charge < -0.3 is 20.1 Å². The molecule has 0 spiro atoms. The SMILES string of the molecule is CC/C=C(\C)N1CCN(CC2CCCCC2)C(C)C1.CC1(NC(=O)O)CC1.CCOC. The van der Waals surface area contributed by atoms with E-state index in [1.165, 1.54) is 64.0 Å². The van der Waals surface area contributed by atoms with Crippen LogP contribution in [0.1, 0.15) is 86.0 Å². The van der Waals surface area contributed by atoms with E-state index in [9.17, 15) is 4.79 Å². The molecule has 1 atom stereocenters. The third-order valence-corrected chi connectivity index (χ3v) is 6.68. The maximum absolute atomic E-state index is 9.94. The molecule has 1 saturated heterocycles. The number of hydrogen-bond donors (Lipinski definition) is 2. The molecule has 6 heteroatoms. The topological polar surface area (TPSA) is 65.0 Å². The molecule has 3 aliphatic rings. The number of carbonyl (C=O) groups is 1. The number of rotatable bonds is 6. The molecule has 2 saturated carbocycles. The van der Waals surface area contributed by atoms with Gasteiger partial charge in [0.1, 0.15) is 0 Å². The van der Waals surface area contributed by atoms with Crippen molar-refractivity contribution in [2.24, 2.45) is 5.92 Å². The van der Waals surface area contributed by atoms with Gasteiger partial charge >= 0.3 is 6.09 Å². The maximum Gasteiger partial charge on any atom is 0.405 e. The van der Waals surface area contributed by atoms with E-state index < -0.39 is 6.09 Å². The molecule has 0 bridgehead atoms. The van der Waals surface area contributed by atoms with Crippen molar-refractivity contribution in [2.75, 3.05) is 39.9 Å². The number of nitrogens with zero attached hydrogens (tertiary/aromatic N) is 2. The average Bonchev–Trinajstić information content (AvgIpc) is 3.46. The number of amides is 1. The van der Waals surface area contributed by atoms with Gasteiger partial charge in [0.05, 0.1) is 0 Å². The second-order valence-electron chi connectivity index (χ2n) is 9.62. The minimum Gasteiger partial charge on any atom is -0.465 e. The van der Waals surface area contributed by atoms with Crippen LogP contribution in [0.2, 0.25) is 0 Å². The Kier molecular flexibility index (Phi) is 13.2. The Morgan fingerprint density at radius 1 is 1.19 bits per heavy atom. The summed E-state index contributed by atoms with van der Waals surface area (Å²) < 4.78 is 4.54. The summed E-state index contributed by atoms with van der Waals surface area (Å²) >= 11 is 0. The molecule has 0 aromatic carbocycles. The highest BCUT2D eigenvalue weighted by molar-refractivity contribution is 5.66. The lowest BCUT2D eigenvalue weighted by Gasteiger charge is -2.43. The van der Waals surface area contributed by atoms with Crippen LogP contribution in [0.3, 0.4) is 0 Å². The first kappa shape index (κ1) is 27.8. The number of piperazine rings is 1. The van der Waals surface area contributed by atoms with Crippen molar-refractivity contribution in [2.45, 2.75) is 97.6 Å². The van der Waals surface area contributed by atoms with E-state index in [1.54, 1.807) is 7.11 Å². The van der Waals surface area contributed by atoms with Crippen LogP contribution in [-0.2, 0) is 4.74 Å². The van der Waals surface area contributed by atoms with Crippen molar-refractivity contribution in [1.82, 2.24) is 15.1 Å². The van der Waals surface area contributed by atoms with Gasteiger partial charge in [-0.2, -0.15) is 0 Å². The molecule has 1 heterocycles. The molecule has 31 heavy (non-hydrogen) atoms. The summed E-state index contributed by atoms with van der Waals surface area (Å²) in [7, 11) is 1.68. The molecule has 182 valence electrons. The molecule has 0 radical (unpaired) electrons. The summed E-state index contributed by atoms with van der Waals surface area (Å²) in [6.07, 6.45) is 11.9. The zero-order valence-corrected chi connectivity index (χ0v) is 21.1. The minimum atomic E-state index is -0.912. The number of ether oxygens (including phenoxy) is 1. The first-order valence-corrected chi connectivity index (χ1v) is 12.4. The largest absolute Gasteiger partial charge is 0.465 e. The van der Waals surface area contributed by atoms with E-state index in [2.05, 4.69) is 46.7 Å². The van der Waals surface area contributed by atoms with Crippen LogP contribution < -0.4 is 5.32 Å². The molecule has 3 rings (SSSR count). The molecule has 2 N–H and O–H groups in total. The highest BCUT2D eigenvalue weighted by Gasteiger charge is 2.38. The number of methoxy groups -OCH3 is 1. The van der Waals surface area contributed by atoms with E-state index in [0.29, 0.717) is 0 Å². The zero-order chi connectivity index (χ0) is 23.3. The van der Waals surface area contributed by atoms with Crippen molar-refractivity contribution < 1.29 is 14.6 Å². The van der Waals surface area contributed by atoms with Crippen LogP contribution in [0.5, 0.6) is 0 Å². The van der Waals surface area contributed by atoms with E-state index >= 15 is 0 Å². The minimum absolute atomic E-state index is 0.0775. The summed E-state index contributed by atoms with van der Waals surface area (Å²) in [6, 6.07) is 0.718. The third-order valence-electron chi connectivity index (χ3n) is 6.68. The number of nitrogens with one attached hydrogen (secondary N) is 1. The Bertz CT molecular complexity index is 526. The predicted molar refractivity (Wildman–Crippen MR) is 130 cm³/mol. The molecule has 0 aromatic rings. The molecule has 2 aliphatic carbocycles. The molecular weight excluding hydrogens is 390 g/mol. The van der Waals surface area contributed by atoms with Crippen LogP contribution in [0.25, 0.3) is 0 Å². The molecule has 0 aromatic heterocycles. The lowest BCUT2D eigenvalue weighted by Crippen LogP contribution is -2.52. The van der Waals surface area contributed by atoms with Gasteiger partial charge in [-0.1, -0.05) is 32.3 Å². The van der Waals surface area contributed by atoms with E-state index in [4.69, 9.17) is 5.11 Å². The van der Waals surface area contributed by atoms with E-state index in [0.717, 1.165) is 37.8 Å². The molecule has 3 fully saturated rings. The first-order valence-electron chi connectivity index (χ1n) is 12.4. The van der Waals surface area contributed by atoms with E-state index in [-0.39, 0.29) is 5.54 Å². The quantitative estimate of drug-likeness (QED) is 0.584. The predicted octanol–water partition coefficient (Wildman–Crippen LogP) is 5.35. The van der Waals surface area contributed by atoms with Gasteiger partial charge in [0.2, 0.25) is 0 Å². The lowest BCUT2D eigenvalue weighted by molar-refractivity contribution is 0.0812. The van der Waals surface area contributed by atoms with Crippen molar-refractivity contribution in [1.29, 1.82) is 0 Å². The van der Waals surface area contributed by atoms with Crippen molar-refractivity contribution >= 4 is 6.09 Å². The smallest absolute Gasteiger partial charge is 0.405 e. The van der Waals surface area contributed by atoms with Crippen LogP contribution in [-0.4, -0.2) is 72.5 Å². The van der Waals surface area contributed by atoms with Gasteiger partial charge in [-0.15, -0.1) is 0 Å². The van der Waals surface area contributed by atoms with Crippen LogP contribution in [0.15, 0.2) is 11.8 Å². The molecule has 1 aliphatic heterocycles. The Morgan fingerprint density at radius 3 is 2.23 bits per heavy atom. The fraction of sp³-hybridized carbons (Fsp3) is 0.880. The zero-order valence-electron chi connectivity index (χ0n) is 21.1. The van der Waals surface area contributed by atoms with Crippen LogP contribution in [0.4, 0.5) is 4.79 Å². The second-order valence-corrected chi connectivity index (χ2v) is 9.62. The van der Waals surface area contributed by atoms with Crippen molar-refractivity contribution in [3.63, 3.8) is 0 Å². The molecular formula is C25H49N3O3. The maximum atomic E-state index is 9.94. The first-order chi connectivity index (χ1) is 14.7. The number of hydrogen-bond acceptors (Lipinski definition) is 4. The van der Waals surface area contributed by atoms with Gasteiger partial charge in [0.25, 0.3) is 0 Å². The Hall–Kier alpha value is -1.27. The summed E-state index contributed by atoms with van der Waals surface area (Å²) in [5.74, 6) is 0.982. The van der Waals surface area contributed by atoms with Gasteiger partial charge in [-0.3, -0.25) is 4.90 Å². The monoisotopic (exact) mass is 439 g/mol. The van der Waals surface area contributed by atoms with Crippen molar-refractivity contribution in [3.05, 3.63) is 11.8 Å². The fourth-order valence-corrected chi connectivity index (χ4v) is 4.28. The van der Waals surface area contributed by atoms with E-state index in [1.807, 2.05) is 13.8 Å². The average molecular weight is 440 g/mol. The molecule has 6 nitrogen and oxygen atoms in total. The fourth-order valence-electron chi connectivity index (χ4n) is 4.28. The Labute approximate surface area is 191 Å². The number of carboxylic acid groups (broad SMARTS) is 1. The molecule has 1 amide bonds. The highest BCUT2D eigenvalue weighted by Crippen LogP contribution is 2.33. The Balaban J connectivity index is 0.000000329. The summed E-state index contributed by atoms with van der Waals surface area (Å²) in [5, 5.41) is 10.6. The highest BCUT2D eigenvalue weighted by atomic mass is 16.5. The van der Waals surface area contributed by atoms with Gasteiger partial charge in [0, 0.05) is 57.2 Å². The van der Waals surface area contributed by atoms with Crippen molar-refractivity contribution in [3.8, 4) is 0 Å².